The molecule has 0 amide bonds. The van der Waals surface area contributed by atoms with Crippen LogP contribution in [-0.4, -0.2) is 6.04 Å². The zero-order valence-corrected chi connectivity index (χ0v) is 5.72. The van der Waals surface area contributed by atoms with Crippen molar-refractivity contribution in [2.75, 3.05) is 0 Å². The van der Waals surface area contributed by atoms with Gasteiger partial charge in [0.2, 0.25) is 0 Å². The molecular formula is C8H14N. The highest BCUT2D eigenvalue weighted by Gasteiger charge is 1.92. The maximum atomic E-state index is 5.50. The Labute approximate surface area is 57.3 Å². The zero-order valence-electron chi connectivity index (χ0n) is 5.72. The fourth-order valence-electron chi connectivity index (χ4n) is 0.594. The van der Waals surface area contributed by atoms with E-state index >= 15 is 0 Å². The lowest BCUT2D eigenvalue weighted by atomic mass is 10.1. The second-order valence-corrected chi connectivity index (χ2v) is 2.08. The lowest BCUT2D eigenvalue weighted by Crippen LogP contribution is -2.15. The Kier molecular flexibility index (Phi) is 5.23. The van der Waals surface area contributed by atoms with Crippen LogP contribution in [0.3, 0.4) is 0 Å². The van der Waals surface area contributed by atoms with Crippen molar-refractivity contribution in [1.82, 2.24) is 0 Å². The molecule has 0 aromatic carbocycles. The Morgan fingerprint density at radius 2 is 2.33 bits per heavy atom. The van der Waals surface area contributed by atoms with Crippen LogP contribution in [0.25, 0.3) is 0 Å². The normalized spacial score (nSPS) is 12.6. The van der Waals surface area contributed by atoms with E-state index in [-0.39, 0.29) is 6.04 Å². The monoisotopic (exact) mass is 124 g/mol. The smallest absolute Gasteiger partial charge is 0.0226 e. The maximum absolute atomic E-state index is 5.50. The molecular weight excluding hydrogens is 110 g/mol. The van der Waals surface area contributed by atoms with Crippen molar-refractivity contribution in [3.05, 3.63) is 25.3 Å². The van der Waals surface area contributed by atoms with Gasteiger partial charge in [-0.15, -0.1) is 6.58 Å². The minimum atomic E-state index is 0.0601. The molecule has 0 saturated carbocycles. The van der Waals surface area contributed by atoms with Crippen LogP contribution in [0.15, 0.2) is 18.7 Å². The van der Waals surface area contributed by atoms with Crippen molar-refractivity contribution >= 4 is 0 Å². The first-order valence-electron chi connectivity index (χ1n) is 3.22. The molecule has 0 spiro atoms. The fourth-order valence-corrected chi connectivity index (χ4v) is 0.594. The molecule has 0 bridgehead atoms. The number of hydrogen-bond donors (Lipinski definition) is 1. The van der Waals surface area contributed by atoms with Crippen molar-refractivity contribution < 1.29 is 0 Å². The molecule has 0 aliphatic heterocycles. The summed E-state index contributed by atoms with van der Waals surface area (Å²) in [5, 5.41) is 0. The van der Waals surface area contributed by atoms with Crippen LogP contribution in [0.5, 0.6) is 0 Å². The zero-order chi connectivity index (χ0) is 7.11. The summed E-state index contributed by atoms with van der Waals surface area (Å²) in [6.07, 6.45) is 6.49. The summed E-state index contributed by atoms with van der Waals surface area (Å²) in [5.41, 5.74) is 5.50. The van der Waals surface area contributed by atoms with Gasteiger partial charge in [0.15, 0.2) is 0 Å². The topological polar surface area (TPSA) is 26.0 Å². The van der Waals surface area contributed by atoms with Crippen molar-refractivity contribution in [3.8, 4) is 0 Å². The van der Waals surface area contributed by atoms with Gasteiger partial charge in [-0.05, 0) is 19.3 Å². The van der Waals surface area contributed by atoms with Crippen LogP contribution >= 0.6 is 0 Å². The van der Waals surface area contributed by atoms with Crippen LogP contribution in [0, 0.1) is 6.58 Å². The predicted molar refractivity (Wildman–Crippen MR) is 40.9 cm³/mol. The molecule has 0 aliphatic carbocycles. The van der Waals surface area contributed by atoms with Gasteiger partial charge in [0, 0.05) is 6.04 Å². The summed E-state index contributed by atoms with van der Waals surface area (Å²) in [6.45, 7) is 8.78. The summed E-state index contributed by atoms with van der Waals surface area (Å²) >= 11 is 0. The first-order valence-corrected chi connectivity index (χ1v) is 3.22. The molecule has 1 atom stereocenters. The van der Waals surface area contributed by atoms with Crippen LogP contribution < -0.4 is 5.73 Å². The minimum Gasteiger partial charge on any atom is -0.324 e. The molecule has 0 rings (SSSR count). The molecule has 1 heteroatoms. The second kappa shape index (κ2) is 5.57. The number of hydrogen-bond acceptors (Lipinski definition) is 1. The number of allylic oxidation sites excluding steroid dienone is 1. The third kappa shape index (κ3) is 5.31. The van der Waals surface area contributed by atoms with E-state index < -0.39 is 0 Å². The highest BCUT2D eigenvalue weighted by Crippen LogP contribution is 1.98. The van der Waals surface area contributed by atoms with Crippen molar-refractivity contribution in [2.24, 2.45) is 5.73 Å². The van der Waals surface area contributed by atoms with Gasteiger partial charge in [-0.1, -0.05) is 18.7 Å². The summed E-state index contributed by atoms with van der Waals surface area (Å²) < 4.78 is 0. The standard InChI is InChI=1S/C8H14N/c1-3-5-6-7-8(9)4-2/h2-4,8H,1,5-7,9H2. The molecule has 1 radical (unpaired) electrons. The summed E-state index contributed by atoms with van der Waals surface area (Å²) in [7, 11) is 0. The summed E-state index contributed by atoms with van der Waals surface area (Å²) in [5.74, 6) is 0. The lowest BCUT2D eigenvalue weighted by molar-refractivity contribution is 0.675. The van der Waals surface area contributed by atoms with Gasteiger partial charge in [-0.3, -0.25) is 0 Å². The van der Waals surface area contributed by atoms with E-state index in [0.29, 0.717) is 0 Å². The van der Waals surface area contributed by atoms with Gasteiger partial charge in [-0.2, -0.15) is 0 Å². The van der Waals surface area contributed by atoms with E-state index in [1.807, 2.05) is 6.08 Å². The predicted octanol–water partition coefficient (Wildman–Crippen LogP) is 1.66. The number of nitrogens with two attached hydrogens (primary N) is 1. The highest BCUT2D eigenvalue weighted by molar-refractivity contribution is 4.80. The minimum absolute atomic E-state index is 0.0601. The number of rotatable bonds is 5. The first kappa shape index (κ1) is 8.44. The summed E-state index contributed by atoms with van der Waals surface area (Å²) in [4.78, 5) is 0. The molecule has 0 saturated heterocycles. The molecule has 51 valence electrons. The Bertz CT molecular complexity index is 86.6. The fraction of sp³-hybridized carbons (Fsp3) is 0.500. The van der Waals surface area contributed by atoms with E-state index in [1.165, 1.54) is 6.08 Å². The van der Waals surface area contributed by atoms with E-state index in [2.05, 4.69) is 6.58 Å². The van der Waals surface area contributed by atoms with Crippen LogP contribution in [0.2, 0.25) is 0 Å². The van der Waals surface area contributed by atoms with Gasteiger partial charge in [0.25, 0.3) is 0 Å². The molecule has 0 aromatic rings. The van der Waals surface area contributed by atoms with E-state index in [1.54, 1.807) is 0 Å². The molecule has 9 heavy (non-hydrogen) atoms. The average Bonchev–Trinajstić information content (AvgIpc) is 1.89. The third-order valence-electron chi connectivity index (χ3n) is 1.19. The third-order valence-corrected chi connectivity index (χ3v) is 1.19. The molecule has 0 heterocycles. The summed E-state index contributed by atoms with van der Waals surface area (Å²) in [6, 6.07) is 0.0601. The first-order chi connectivity index (χ1) is 4.31. The Morgan fingerprint density at radius 1 is 1.67 bits per heavy atom. The Hall–Kier alpha value is -0.560. The molecule has 0 aliphatic rings. The van der Waals surface area contributed by atoms with Crippen molar-refractivity contribution in [3.63, 3.8) is 0 Å². The van der Waals surface area contributed by atoms with E-state index in [0.717, 1.165) is 19.3 Å². The molecule has 1 nitrogen and oxygen atoms in total. The Balaban J connectivity index is 3.05. The quantitative estimate of drug-likeness (QED) is 0.438. The number of unbranched alkanes of at least 4 members (excludes halogenated alkanes) is 1. The second-order valence-electron chi connectivity index (χ2n) is 2.08. The van der Waals surface area contributed by atoms with Crippen LogP contribution in [0.1, 0.15) is 19.3 Å². The molecule has 0 fully saturated rings. The molecule has 2 N–H and O–H groups in total. The Morgan fingerprint density at radius 3 is 2.78 bits per heavy atom. The van der Waals surface area contributed by atoms with Gasteiger partial charge in [-0.25, -0.2) is 0 Å². The van der Waals surface area contributed by atoms with Gasteiger partial charge in [0.05, 0.1) is 0 Å². The van der Waals surface area contributed by atoms with E-state index in [9.17, 15) is 0 Å². The van der Waals surface area contributed by atoms with Crippen LogP contribution in [0.4, 0.5) is 0 Å². The highest BCUT2D eigenvalue weighted by atomic mass is 14.6. The maximum Gasteiger partial charge on any atom is 0.0226 e. The largest absolute Gasteiger partial charge is 0.324 e. The van der Waals surface area contributed by atoms with E-state index in [4.69, 9.17) is 12.3 Å². The SMILES string of the molecule is [CH]=CC(N)CCCC=C. The van der Waals surface area contributed by atoms with Gasteiger partial charge in [0.1, 0.15) is 0 Å². The van der Waals surface area contributed by atoms with Gasteiger partial charge < -0.3 is 5.73 Å². The molecule has 1 unspecified atom stereocenters. The molecule has 0 aromatic heterocycles. The van der Waals surface area contributed by atoms with Crippen LogP contribution in [-0.2, 0) is 0 Å². The van der Waals surface area contributed by atoms with Crippen molar-refractivity contribution in [2.45, 2.75) is 25.3 Å². The van der Waals surface area contributed by atoms with Crippen molar-refractivity contribution in [1.29, 1.82) is 0 Å². The van der Waals surface area contributed by atoms with Gasteiger partial charge >= 0.3 is 0 Å². The average molecular weight is 124 g/mol. The lowest BCUT2D eigenvalue weighted by Gasteiger charge is -2.01.